The standard InChI is InChI=1S/C12H12BrNO4S/c13-10-5-1-4-9-11(10)19(16,17)14(12(9)15)7-8-3-2-6-18-8/h1,4-5,8H,2-3,6-7H2/t8-/m1/s1. The first-order valence-corrected chi connectivity index (χ1v) is 8.22. The second kappa shape index (κ2) is 4.57. The van der Waals surface area contributed by atoms with E-state index < -0.39 is 15.9 Å². The number of carbonyl (C=O) groups is 1. The van der Waals surface area contributed by atoms with Crippen LogP contribution in [0.4, 0.5) is 0 Å². The van der Waals surface area contributed by atoms with E-state index in [4.69, 9.17) is 4.74 Å². The van der Waals surface area contributed by atoms with Crippen LogP contribution in [0.3, 0.4) is 0 Å². The highest BCUT2D eigenvalue weighted by Crippen LogP contribution is 2.36. The number of amides is 1. The van der Waals surface area contributed by atoms with E-state index in [1.165, 1.54) is 6.07 Å². The van der Waals surface area contributed by atoms with Gasteiger partial charge < -0.3 is 4.74 Å². The van der Waals surface area contributed by atoms with Crippen molar-refractivity contribution in [1.29, 1.82) is 0 Å². The summed E-state index contributed by atoms with van der Waals surface area (Å²) in [4.78, 5) is 12.3. The molecule has 19 heavy (non-hydrogen) atoms. The molecule has 2 aliphatic heterocycles. The minimum atomic E-state index is -3.76. The van der Waals surface area contributed by atoms with Crippen molar-refractivity contribution in [3.8, 4) is 0 Å². The minimum Gasteiger partial charge on any atom is -0.376 e. The van der Waals surface area contributed by atoms with Crippen molar-refractivity contribution < 1.29 is 17.9 Å². The van der Waals surface area contributed by atoms with Gasteiger partial charge in [0.2, 0.25) is 0 Å². The molecule has 2 aliphatic rings. The summed E-state index contributed by atoms with van der Waals surface area (Å²) in [7, 11) is -3.76. The fourth-order valence-corrected chi connectivity index (χ4v) is 5.07. The number of ether oxygens (including phenoxy) is 1. The van der Waals surface area contributed by atoms with Crippen LogP contribution in [0, 0.1) is 0 Å². The average molecular weight is 346 g/mol. The molecule has 5 nitrogen and oxygen atoms in total. The highest BCUT2D eigenvalue weighted by Gasteiger charge is 2.43. The Hall–Kier alpha value is -0.920. The molecule has 0 N–H and O–H groups in total. The molecule has 0 spiro atoms. The first-order valence-electron chi connectivity index (χ1n) is 5.99. The molecule has 1 aromatic rings. The van der Waals surface area contributed by atoms with E-state index in [-0.39, 0.29) is 23.1 Å². The van der Waals surface area contributed by atoms with Gasteiger partial charge in [-0.15, -0.1) is 0 Å². The van der Waals surface area contributed by atoms with Crippen LogP contribution in [0.2, 0.25) is 0 Å². The number of nitrogens with zero attached hydrogens (tertiary/aromatic N) is 1. The average Bonchev–Trinajstić information content (AvgIpc) is 2.92. The molecule has 0 aromatic heterocycles. The van der Waals surface area contributed by atoms with Crippen LogP contribution in [-0.4, -0.2) is 37.9 Å². The molecule has 0 aliphatic carbocycles. The Kier molecular flexibility index (Phi) is 3.15. The molecule has 1 saturated heterocycles. The van der Waals surface area contributed by atoms with Gasteiger partial charge >= 0.3 is 0 Å². The predicted molar refractivity (Wildman–Crippen MR) is 71.3 cm³/mol. The van der Waals surface area contributed by atoms with Crippen LogP contribution in [-0.2, 0) is 14.8 Å². The second-order valence-electron chi connectivity index (χ2n) is 4.59. The maximum atomic E-state index is 12.4. The zero-order chi connectivity index (χ0) is 13.6. The molecular formula is C12H12BrNO4S. The molecule has 1 amide bonds. The van der Waals surface area contributed by atoms with E-state index in [1.54, 1.807) is 12.1 Å². The van der Waals surface area contributed by atoms with Crippen molar-refractivity contribution in [2.24, 2.45) is 0 Å². The molecule has 0 saturated carbocycles. The van der Waals surface area contributed by atoms with Crippen LogP contribution in [0.1, 0.15) is 23.2 Å². The van der Waals surface area contributed by atoms with Gasteiger partial charge in [0, 0.05) is 11.1 Å². The normalized spacial score (nSPS) is 24.8. The van der Waals surface area contributed by atoms with E-state index in [0.29, 0.717) is 11.1 Å². The third-order valence-corrected chi connectivity index (χ3v) is 6.14. The minimum absolute atomic E-state index is 0.0676. The van der Waals surface area contributed by atoms with Gasteiger partial charge in [0.05, 0.1) is 18.2 Å². The lowest BCUT2D eigenvalue weighted by Gasteiger charge is -2.18. The summed E-state index contributed by atoms with van der Waals surface area (Å²) in [6.45, 7) is 0.728. The Morgan fingerprint density at radius 3 is 2.84 bits per heavy atom. The van der Waals surface area contributed by atoms with Gasteiger partial charge in [0.1, 0.15) is 4.90 Å². The largest absolute Gasteiger partial charge is 0.376 e. The number of sulfonamides is 1. The summed E-state index contributed by atoms with van der Waals surface area (Å²) in [6, 6.07) is 4.82. The SMILES string of the molecule is O=C1c2cccc(Br)c2S(=O)(=O)N1C[C@H]1CCCO1. The Morgan fingerprint density at radius 1 is 1.42 bits per heavy atom. The maximum absolute atomic E-state index is 12.4. The second-order valence-corrected chi connectivity index (χ2v) is 7.25. The molecule has 1 atom stereocenters. The number of benzene rings is 1. The molecular weight excluding hydrogens is 334 g/mol. The van der Waals surface area contributed by atoms with Gasteiger partial charge in [0.15, 0.2) is 0 Å². The van der Waals surface area contributed by atoms with Crippen molar-refractivity contribution in [2.45, 2.75) is 23.8 Å². The Labute approximate surface area is 119 Å². The summed E-state index contributed by atoms with van der Waals surface area (Å²) >= 11 is 3.20. The topological polar surface area (TPSA) is 63.7 Å². The lowest BCUT2D eigenvalue weighted by atomic mass is 10.2. The lowest BCUT2D eigenvalue weighted by Crippen LogP contribution is -2.36. The number of halogens is 1. The molecule has 3 rings (SSSR count). The Bertz CT molecular complexity index is 637. The number of rotatable bonds is 2. The maximum Gasteiger partial charge on any atom is 0.269 e. The molecule has 1 fully saturated rings. The van der Waals surface area contributed by atoms with Crippen molar-refractivity contribution in [2.75, 3.05) is 13.2 Å². The molecule has 0 radical (unpaired) electrons. The summed E-state index contributed by atoms with van der Waals surface area (Å²) < 4.78 is 31.6. The van der Waals surface area contributed by atoms with Crippen molar-refractivity contribution in [1.82, 2.24) is 4.31 Å². The number of carbonyl (C=O) groups excluding carboxylic acids is 1. The summed E-state index contributed by atoms with van der Waals surface area (Å²) in [5.41, 5.74) is 0.229. The third kappa shape index (κ3) is 2.00. The molecule has 7 heteroatoms. The van der Waals surface area contributed by atoms with Crippen molar-refractivity contribution in [3.05, 3.63) is 28.2 Å². The van der Waals surface area contributed by atoms with Crippen molar-refractivity contribution >= 4 is 31.9 Å². The summed E-state index contributed by atoms with van der Waals surface area (Å²) in [6.07, 6.45) is 1.51. The number of fused-ring (bicyclic) bond motifs is 1. The fourth-order valence-electron chi connectivity index (χ4n) is 2.45. The molecule has 2 heterocycles. The summed E-state index contributed by atoms with van der Waals surface area (Å²) in [5.74, 6) is -0.466. The van der Waals surface area contributed by atoms with Crippen LogP contribution >= 0.6 is 15.9 Å². The van der Waals surface area contributed by atoms with E-state index in [9.17, 15) is 13.2 Å². The van der Waals surface area contributed by atoms with Gasteiger partial charge in [0.25, 0.3) is 15.9 Å². The third-order valence-electron chi connectivity index (χ3n) is 3.37. The van der Waals surface area contributed by atoms with E-state index >= 15 is 0 Å². The summed E-state index contributed by atoms with van der Waals surface area (Å²) in [5, 5.41) is 0. The van der Waals surface area contributed by atoms with Gasteiger partial charge in [-0.1, -0.05) is 6.07 Å². The monoisotopic (exact) mass is 345 g/mol. The van der Waals surface area contributed by atoms with Crippen molar-refractivity contribution in [3.63, 3.8) is 0 Å². The Morgan fingerprint density at radius 2 is 2.21 bits per heavy atom. The fraction of sp³-hybridized carbons (Fsp3) is 0.417. The van der Waals surface area contributed by atoms with E-state index in [2.05, 4.69) is 15.9 Å². The lowest BCUT2D eigenvalue weighted by molar-refractivity contribution is 0.0708. The first-order chi connectivity index (χ1) is 9.01. The highest BCUT2D eigenvalue weighted by atomic mass is 79.9. The number of hydrogen-bond acceptors (Lipinski definition) is 4. The predicted octanol–water partition coefficient (Wildman–Crippen LogP) is 1.77. The highest BCUT2D eigenvalue weighted by molar-refractivity contribution is 9.10. The zero-order valence-electron chi connectivity index (χ0n) is 10.0. The van der Waals surface area contributed by atoms with Gasteiger partial charge in [-0.05, 0) is 40.9 Å². The smallest absolute Gasteiger partial charge is 0.269 e. The number of hydrogen-bond donors (Lipinski definition) is 0. The zero-order valence-corrected chi connectivity index (χ0v) is 12.4. The molecule has 102 valence electrons. The van der Waals surface area contributed by atoms with Crippen LogP contribution in [0.25, 0.3) is 0 Å². The quantitative estimate of drug-likeness (QED) is 0.819. The van der Waals surface area contributed by atoms with Gasteiger partial charge in [-0.2, -0.15) is 0 Å². The van der Waals surface area contributed by atoms with E-state index in [1.807, 2.05) is 0 Å². The van der Waals surface area contributed by atoms with Gasteiger partial charge in [-0.3, -0.25) is 4.79 Å². The van der Waals surface area contributed by atoms with Gasteiger partial charge in [-0.25, -0.2) is 12.7 Å². The van der Waals surface area contributed by atoms with E-state index in [0.717, 1.165) is 17.1 Å². The van der Waals surface area contributed by atoms with Crippen LogP contribution in [0.5, 0.6) is 0 Å². The first kappa shape index (κ1) is 13.1. The molecule has 0 unspecified atom stereocenters. The van der Waals surface area contributed by atoms with Crippen LogP contribution < -0.4 is 0 Å². The molecule has 0 bridgehead atoms. The Balaban J connectivity index is 2.01. The van der Waals surface area contributed by atoms with Crippen LogP contribution in [0.15, 0.2) is 27.6 Å². The molecule has 1 aromatic carbocycles.